The zero-order chi connectivity index (χ0) is 12.3. The van der Waals surface area contributed by atoms with Gasteiger partial charge in [0, 0.05) is 5.56 Å². The van der Waals surface area contributed by atoms with Crippen molar-refractivity contribution in [3.63, 3.8) is 0 Å². The van der Waals surface area contributed by atoms with Gasteiger partial charge in [0.1, 0.15) is 0 Å². The first kappa shape index (κ1) is 13.7. The van der Waals surface area contributed by atoms with Crippen LogP contribution in [-0.2, 0) is 0 Å². The van der Waals surface area contributed by atoms with E-state index in [1.165, 1.54) is 25.7 Å². The van der Waals surface area contributed by atoms with Crippen molar-refractivity contribution >= 4 is 49.0 Å². The summed E-state index contributed by atoms with van der Waals surface area (Å²) in [4.78, 5) is 14.5. The van der Waals surface area contributed by atoms with Gasteiger partial charge in [0.2, 0.25) is 0 Å². The summed E-state index contributed by atoms with van der Waals surface area (Å²) in [7, 11) is 0. The molecule has 0 spiro atoms. The molecular formula is C12H15Br2NOS. The summed E-state index contributed by atoms with van der Waals surface area (Å²) in [5.41, 5.74) is 0.811. The first-order valence-electron chi connectivity index (χ1n) is 5.87. The van der Waals surface area contributed by atoms with Gasteiger partial charge in [0.05, 0.1) is 14.1 Å². The molecule has 94 valence electrons. The highest BCUT2D eigenvalue weighted by Crippen LogP contribution is 2.32. The Labute approximate surface area is 123 Å². The van der Waals surface area contributed by atoms with Crippen molar-refractivity contribution in [1.82, 2.24) is 4.90 Å². The fourth-order valence-corrected chi connectivity index (χ4v) is 4.97. The number of halogens is 2. The van der Waals surface area contributed by atoms with Gasteiger partial charge in [0.25, 0.3) is 0 Å². The maximum absolute atomic E-state index is 12.2. The minimum Gasteiger partial charge on any atom is -0.296 e. The van der Waals surface area contributed by atoms with E-state index in [0.29, 0.717) is 6.54 Å². The number of nitrogens with zero attached hydrogens (tertiary/aromatic N) is 1. The lowest BCUT2D eigenvalue weighted by molar-refractivity contribution is 0.0933. The molecule has 17 heavy (non-hydrogen) atoms. The van der Waals surface area contributed by atoms with Gasteiger partial charge in [-0.1, -0.05) is 12.8 Å². The van der Waals surface area contributed by atoms with Crippen LogP contribution >= 0.6 is 43.2 Å². The molecule has 0 atom stereocenters. The average Bonchev–Trinajstić information content (AvgIpc) is 2.51. The molecule has 1 aliphatic heterocycles. The monoisotopic (exact) mass is 379 g/mol. The smallest absolute Gasteiger partial charge is 0.178 e. The van der Waals surface area contributed by atoms with Gasteiger partial charge in [-0.25, -0.2) is 0 Å². The van der Waals surface area contributed by atoms with Crippen molar-refractivity contribution < 1.29 is 4.79 Å². The van der Waals surface area contributed by atoms with Crippen molar-refractivity contribution in [2.45, 2.75) is 25.7 Å². The Morgan fingerprint density at radius 2 is 1.88 bits per heavy atom. The minimum absolute atomic E-state index is 0.223. The van der Waals surface area contributed by atoms with Gasteiger partial charge in [-0.2, -0.15) is 0 Å². The number of likely N-dealkylation sites (tertiary alicyclic amines) is 1. The molecule has 0 aliphatic carbocycles. The SMILES string of the molecule is O=C(CN1CCCCCC1)c1cc(Br)sc1Br. The van der Waals surface area contributed by atoms with Crippen LogP contribution in [0.1, 0.15) is 36.0 Å². The van der Waals surface area contributed by atoms with E-state index in [0.717, 1.165) is 26.2 Å². The van der Waals surface area contributed by atoms with Gasteiger partial charge in [-0.3, -0.25) is 9.69 Å². The van der Waals surface area contributed by atoms with Crippen LogP contribution in [0.5, 0.6) is 0 Å². The van der Waals surface area contributed by atoms with Gasteiger partial charge in [-0.15, -0.1) is 11.3 Å². The van der Waals surface area contributed by atoms with Crippen molar-refractivity contribution in [2.24, 2.45) is 0 Å². The predicted molar refractivity (Wildman–Crippen MR) is 79.0 cm³/mol. The van der Waals surface area contributed by atoms with Crippen LogP contribution in [-0.4, -0.2) is 30.3 Å². The molecule has 2 heterocycles. The third-order valence-corrected chi connectivity index (χ3v) is 5.36. The van der Waals surface area contributed by atoms with E-state index in [9.17, 15) is 4.79 Å². The average molecular weight is 381 g/mol. The first-order chi connectivity index (χ1) is 8.16. The van der Waals surface area contributed by atoms with Crippen LogP contribution in [0.25, 0.3) is 0 Å². The molecule has 0 N–H and O–H groups in total. The Morgan fingerprint density at radius 1 is 1.24 bits per heavy atom. The Bertz CT molecular complexity index is 397. The molecule has 0 saturated carbocycles. The van der Waals surface area contributed by atoms with Crippen LogP contribution in [0.15, 0.2) is 13.6 Å². The van der Waals surface area contributed by atoms with Crippen LogP contribution in [0.4, 0.5) is 0 Å². The Morgan fingerprint density at radius 3 is 2.41 bits per heavy atom. The summed E-state index contributed by atoms with van der Waals surface area (Å²) in [6.07, 6.45) is 5.06. The van der Waals surface area contributed by atoms with Crippen LogP contribution in [0.2, 0.25) is 0 Å². The van der Waals surface area contributed by atoms with Crippen molar-refractivity contribution in [3.05, 3.63) is 19.2 Å². The van der Waals surface area contributed by atoms with Gasteiger partial charge in [-0.05, 0) is 63.9 Å². The molecule has 1 fully saturated rings. The maximum atomic E-state index is 12.2. The molecule has 1 aliphatic rings. The predicted octanol–water partition coefficient (Wildman–Crippen LogP) is 4.33. The van der Waals surface area contributed by atoms with Gasteiger partial charge >= 0.3 is 0 Å². The number of carbonyl (C=O) groups excluding carboxylic acids is 1. The molecule has 0 unspecified atom stereocenters. The Kier molecular flexibility index (Phi) is 5.21. The quantitative estimate of drug-likeness (QED) is 0.727. The number of rotatable bonds is 3. The van der Waals surface area contributed by atoms with Crippen LogP contribution < -0.4 is 0 Å². The van der Waals surface area contributed by atoms with Gasteiger partial charge in [0.15, 0.2) is 5.78 Å². The molecule has 5 heteroatoms. The Hall–Kier alpha value is 0.290. The second kappa shape index (κ2) is 6.45. The third-order valence-electron chi connectivity index (χ3n) is 3.02. The van der Waals surface area contributed by atoms with Gasteiger partial charge < -0.3 is 0 Å². The van der Waals surface area contributed by atoms with E-state index in [1.54, 1.807) is 11.3 Å². The first-order valence-corrected chi connectivity index (χ1v) is 8.27. The number of thiophene rings is 1. The van der Waals surface area contributed by atoms with Crippen molar-refractivity contribution in [1.29, 1.82) is 0 Å². The largest absolute Gasteiger partial charge is 0.296 e. The summed E-state index contributed by atoms with van der Waals surface area (Å²) < 4.78 is 1.94. The highest BCUT2D eigenvalue weighted by Gasteiger charge is 2.18. The zero-order valence-corrected chi connectivity index (χ0v) is 13.5. The zero-order valence-electron chi connectivity index (χ0n) is 9.55. The highest BCUT2D eigenvalue weighted by molar-refractivity contribution is 9.12. The normalized spacial score (nSPS) is 18.0. The number of ketones is 1. The minimum atomic E-state index is 0.223. The lowest BCUT2D eigenvalue weighted by atomic mass is 10.2. The van der Waals surface area contributed by atoms with E-state index < -0.39 is 0 Å². The summed E-state index contributed by atoms with van der Waals surface area (Å²) in [5, 5.41) is 0. The van der Waals surface area contributed by atoms with Crippen molar-refractivity contribution in [3.8, 4) is 0 Å². The van der Waals surface area contributed by atoms with Crippen molar-refractivity contribution in [2.75, 3.05) is 19.6 Å². The third kappa shape index (κ3) is 3.88. The summed E-state index contributed by atoms with van der Waals surface area (Å²) >= 11 is 8.42. The van der Waals surface area contributed by atoms with E-state index in [4.69, 9.17) is 0 Å². The maximum Gasteiger partial charge on any atom is 0.178 e. The molecule has 1 saturated heterocycles. The summed E-state index contributed by atoms with van der Waals surface area (Å²) in [6.45, 7) is 2.69. The number of Topliss-reactive ketones (excluding diaryl/α,β-unsaturated/α-hetero) is 1. The lowest BCUT2D eigenvalue weighted by Gasteiger charge is -2.18. The van der Waals surface area contributed by atoms with E-state index >= 15 is 0 Å². The molecule has 1 aromatic rings. The fourth-order valence-electron chi connectivity index (χ4n) is 2.11. The summed E-state index contributed by atoms with van der Waals surface area (Å²) in [5.74, 6) is 0.223. The number of hydrogen-bond donors (Lipinski definition) is 0. The molecule has 0 aromatic carbocycles. The molecule has 1 aromatic heterocycles. The molecular weight excluding hydrogens is 366 g/mol. The van der Waals surface area contributed by atoms with E-state index in [1.807, 2.05) is 6.07 Å². The topological polar surface area (TPSA) is 20.3 Å². The van der Waals surface area contributed by atoms with Crippen LogP contribution in [0.3, 0.4) is 0 Å². The highest BCUT2D eigenvalue weighted by atomic mass is 79.9. The molecule has 0 bridgehead atoms. The second-order valence-corrected chi connectivity index (χ2v) is 8.10. The standard InChI is InChI=1S/C12H15Br2NOS/c13-11-7-9(12(14)17-11)10(16)8-15-5-3-1-2-4-6-15/h7H,1-6,8H2. The second-order valence-electron chi connectivity index (χ2n) is 4.35. The molecule has 0 amide bonds. The summed E-state index contributed by atoms with van der Waals surface area (Å²) in [6, 6.07) is 1.91. The Balaban J connectivity index is 1.98. The fraction of sp³-hybridized carbons (Fsp3) is 0.583. The van der Waals surface area contributed by atoms with E-state index in [2.05, 4.69) is 36.8 Å². The molecule has 0 radical (unpaired) electrons. The lowest BCUT2D eigenvalue weighted by Crippen LogP contribution is -2.30. The molecule has 2 rings (SSSR count). The number of carbonyl (C=O) groups is 1. The molecule has 2 nitrogen and oxygen atoms in total. The van der Waals surface area contributed by atoms with E-state index in [-0.39, 0.29) is 5.78 Å². The van der Waals surface area contributed by atoms with Crippen LogP contribution in [0, 0.1) is 0 Å². The number of hydrogen-bond acceptors (Lipinski definition) is 3.